The van der Waals surface area contributed by atoms with Crippen molar-refractivity contribution in [2.45, 2.75) is 58.8 Å². The number of unbranched alkanes of at least 4 members (excludes halogenated alkanes) is 1. The topological polar surface area (TPSA) is 17.1 Å². The van der Waals surface area contributed by atoms with E-state index in [1.54, 1.807) is 11.3 Å². The summed E-state index contributed by atoms with van der Waals surface area (Å²) in [4.78, 5) is 13.4. The molecule has 100 valence electrons. The first-order valence-electron chi connectivity index (χ1n) is 7.30. The molecule has 1 heterocycles. The average Bonchev–Trinajstić information content (AvgIpc) is 2.82. The van der Waals surface area contributed by atoms with Crippen molar-refractivity contribution in [2.75, 3.05) is 0 Å². The zero-order valence-electron chi connectivity index (χ0n) is 11.6. The predicted octanol–water partition coefficient (Wildman–Crippen LogP) is 5.24. The summed E-state index contributed by atoms with van der Waals surface area (Å²) in [6, 6.07) is 2.06. The van der Waals surface area contributed by atoms with E-state index < -0.39 is 0 Å². The van der Waals surface area contributed by atoms with E-state index >= 15 is 0 Å². The third kappa shape index (κ3) is 3.23. The average molecular weight is 264 g/mol. The maximum atomic E-state index is 12.4. The molecule has 2 rings (SSSR count). The molecule has 0 unspecified atom stereocenters. The Morgan fingerprint density at radius 1 is 1.33 bits per heavy atom. The minimum Gasteiger partial charge on any atom is -0.293 e. The standard InChI is InChI=1S/C16H24OS/c1-3-4-5-13-6-8-14(9-7-13)15(17)16-12(2)10-11-18-16/h10-11,13-14H,3-9H2,1-2H3. The van der Waals surface area contributed by atoms with E-state index in [0.29, 0.717) is 11.7 Å². The van der Waals surface area contributed by atoms with Gasteiger partial charge in [0, 0.05) is 5.92 Å². The van der Waals surface area contributed by atoms with Crippen molar-refractivity contribution in [1.29, 1.82) is 0 Å². The molecule has 1 fully saturated rings. The summed E-state index contributed by atoms with van der Waals surface area (Å²) in [5, 5.41) is 2.04. The Kier molecular flexibility index (Phi) is 4.99. The third-order valence-electron chi connectivity index (χ3n) is 4.27. The van der Waals surface area contributed by atoms with Crippen LogP contribution >= 0.6 is 11.3 Å². The lowest BCUT2D eigenvalue weighted by Gasteiger charge is -2.27. The van der Waals surface area contributed by atoms with E-state index in [1.807, 2.05) is 5.38 Å². The molecule has 0 bridgehead atoms. The number of carbonyl (C=O) groups is 1. The summed E-state index contributed by atoms with van der Waals surface area (Å²) >= 11 is 1.62. The van der Waals surface area contributed by atoms with Gasteiger partial charge < -0.3 is 0 Å². The second kappa shape index (κ2) is 6.51. The van der Waals surface area contributed by atoms with Crippen LogP contribution in [0.2, 0.25) is 0 Å². The molecule has 1 aromatic heterocycles. The van der Waals surface area contributed by atoms with Crippen LogP contribution in [0.15, 0.2) is 11.4 Å². The quantitative estimate of drug-likeness (QED) is 0.665. The lowest BCUT2D eigenvalue weighted by Crippen LogP contribution is -2.21. The fourth-order valence-corrected chi connectivity index (χ4v) is 3.96. The Morgan fingerprint density at radius 3 is 2.61 bits per heavy atom. The van der Waals surface area contributed by atoms with E-state index in [4.69, 9.17) is 0 Å². The molecule has 0 spiro atoms. The van der Waals surface area contributed by atoms with Crippen LogP contribution in [-0.2, 0) is 0 Å². The van der Waals surface area contributed by atoms with Crippen molar-refractivity contribution in [3.8, 4) is 0 Å². The van der Waals surface area contributed by atoms with Crippen molar-refractivity contribution >= 4 is 17.1 Å². The normalized spacial score (nSPS) is 24.1. The summed E-state index contributed by atoms with van der Waals surface area (Å²) in [5.41, 5.74) is 1.16. The zero-order valence-corrected chi connectivity index (χ0v) is 12.4. The summed E-state index contributed by atoms with van der Waals surface area (Å²) < 4.78 is 0. The van der Waals surface area contributed by atoms with E-state index in [1.165, 1.54) is 32.1 Å². The lowest BCUT2D eigenvalue weighted by atomic mass is 9.78. The molecule has 0 saturated heterocycles. The van der Waals surface area contributed by atoms with Crippen LogP contribution in [0.25, 0.3) is 0 Å². The van der Waals surface area contributed by atoms with E-state index in [0.717, 1.165) is 29.2 Å². The highest BCUT2D eigenvalue weighted by atomic mass is 32.1. The van der Waals surface area contributed by atoms with Gasteiger partial charge in [0.1, 0.15) is 0 Å². The second-order valence-corrected chi connectivity index (χ2v) is 6.57. The van der Waals surface area contributed by atoms with Crippen LogP contribution in [-0.4, -0.2) is 5.78 Å². The molecular formula is C16H24OS. The monoisotopic (exact) mass is 264 g/mol. The van der Waals surface area contributed by atoms with Crippen LogP contribution < -0.4 is 0 Å². The predicted molar refractivity (Wildman–Crippen MR) is 78.4 cm³/mol. The Hall–Kier alpha value is -0.630. The first-order valence-corrected chi connectivity index (χ1v) is 8.18. The lowest BCUT2D eigenvalue weighted by molar-refractivity contribution is 0.0873. The van der Waals surface area contributed by atoms with Gasteiger partial charge in [-0.05, 0) is 55.5 Å². The molecule has 1 aliphatic carbocycles. The molecule has 0 aromatic carbocycles. The fourth-order valence-electron chi connectivity index (χ4n) is 3.02. The van der Waals surface area contributed by atoms with Crippen molar-refractivity contribution in [1.82, 2.24) is 0 Å². The summed E-state index contributed by atoms with van der Waals surface area (Å²) in [6.45, 7) is 4.31. The summed E-state index contributed by atoms with van der Waals surface area (Å²) in [6.07, 6.45) is 8.78. The smallest absolute Gasteiger partial charge is 0.176 e. The van der Waals surface area contributed by atoms with Crippen LogP contribution in [0.3, 0.4) is 0 Å². The maximum Gasteiger partial charge on any atom is 0.176 e. The van der Waals surface area contributed by atoms with Gasteiger partial charge in [0.25, 0.3) is 0 Å². The maximum absolute atomic E-state index is 12.4. The Labute approximate surface area is 115 Å². The Bertz CT molecular complexity index is 386. The molecule has 18 heavy (non-hydrogen) atoms. The van der Waals surface area contributed by atoms with Gasteiger partial charge in [-0.3, -0.25) is 4.79 Å². The molecule has 0 amide bonds. The minimum absolute atomic E-state index is 0.306. The van der Waals surface area contributed by atoms with Gasteiger partial charge in [0.05, 0.1) is 4.88 Å². The van der Waals surface area contributed by atoms with Gasteiger partial charge in [-0.25, -0.2) is 0 Å². The number of thiophene rings is 1. The largest absolute Gasteiger partial charge is 0.293 e. The fraction of sp³-hybridized carbons (Fsp3) is 0.688. The number of aryl methyl sites for hydroxylation is 1. The zero-order chi connectivity index (χ0) is 13.0. The highest BCUT2D eigenvalue weighted by molar-refractivity contribution is 7.12. The number of hydrogen-bond acceptors (Lipinski definition) is 2. The Morgan fingerprint density at radius 2 is 2.06 bits per heavy atom. The SMILES string of the molecule is CCCCC1CCC(C(=O)c2sccc2C)CC1. The van der Waals surface area contributed by atoms with Gasteiger partial charge in [-0.15, -0.1) is 11.3 Å². The summed E-state index contributed by atoms with van der Waals surface area (Å²) in [7, 11) is 0. The van der Waals surface area contributed by atoms with Crippen LogP contribution in [0.4, 0.5) is 0 Å². The van der Waals surface area contributed by atoms with E-state index in [9.17, 15) is 4.79 Å². The van der Waals surface area contributed by atoms with Crippen molar-refractivity contribution in [2.24, 2.45) is 11.8 Å². The Balaban J connectivity index is 1.86. The van der Waals surface area contributed by atoms with E-state index in [-0.39, 0.29) is 0 Å². The number of Topliss-reactive ketones (excluding diaryl/α,β-unsaturated/α-hetero) is 1. The third-order valence-corrected chi connectivity index (χ3v) is 5.30. The van der Waals surface area contributed by atoms with Gasteiger partial charge in [-0.1, -0.05) is 26.2 Å². The minimum atomic E-state index is 0.306. The van der Waals surface area contributed by atoms with Crippen LogP contribution in [0.5, 0.6) is 0 Å². The van der Waals surface area contributed by atoms with Gasteiger partial charge in [0.2, 0.25) is 0 Å². The summed E-state index contributed by atoms with van der Waals surface area (Å²) in [5.74, 6) is 1.61. The van der Waals surface area contributed by atoms with Gasteiger partial charge in [0.15, 0.2) is 5.78 Å². The highest BCUT2D eigenvalue weighted by Gasteiger charge is 2.27. The first kappa shape index (κ1) is 13.8. The first-order chi connectivity index (χ1) is 8.72. The molecule has 0 atom stereocenters. The van der Waals surface area contributed by atoms with Crippen molar-refractivity contribution in [3.05, 3.63) is 21.9 Å². The molecule has 0 N–H and O–H groups in total. The van der Waals surface area contributed by atoms with Gasteiger partial charge in [-0.2, -0.15) is 0 Å². The molecule has 1 aromatic rings. The number of rotatable bonds is 5. The molecule has 0 aliphatic heterocycles. The molecule has 0 radical (unpaired) electrons. The van der Waals surface area contributed by atoms with E-state index in [2.05, 4.69) is 19.9 Å². The van der Waals surface area contributed by atoms with Gasteiger partial charge >= 0.3 is 0 Å². The van der Waals surface area contributed by atoms with Crippen molar-refractivity contribution in [3.63, 3.8) is 0 Å². The molecule has 1 nitrogen and oxygen atoms in total. The molecular weight excluding hydrogens is 240 g/mol. The number of hydrogen-bond donors (Lipinski definition) is 0. The molecule has 1 saturated carbocycles. The molecule has 1 aliphatic rings. The number of carbonyl (C=O) groups excluding carboxylic acids is 1. The second-order valence-electron chi connectivity index (χ2n) is 5.66. The highest BCUT2D eigenvalue weighted by Crippen LogP contribution is 2.34. The van der Waals surface area contributed by atoms with Crippen LogP contribution in [0, 0.1) is 18.8 Å². The van der Waals surface area contributed by atoms with Crippen LogP contribution in [0.1, 0.15) is 67.1 Å². The van der Waals surface area contributed by atoms with Crippen molar-refractivity contribution < 1.29 is 4.79 Å². The number of ketones is 1. The molecule has 2 heteroatoms.